The van der Waals surface area contributed by atoms with Gasteiger partial charge in [-0.25, -0.2) is 0 Å². The van der Waals surface area contributed by atoms with E-state index in [9.17, 15) is 0 Å². The average Bonchev–Trinajstić information content (AvgIpc) is 2.77. The third-order valence-electron chi connectivity index (χ3n) is 4.86. The second-order valence-corrected chi connectivity index (χ2v) is 6.46. The molecule has 1 heterocycles. The van der Waals surface area contributed by atoms with Crippen LogP contribution in [0.2, 0.25) is 0 Å². The van der Waals surface area contributed by atoms with Crippen molar-refractivity contribution in [2.75, 3.05) is 6.54 Å². The van der Waals surface area contributed by atoms with Gasteiger partial charge in [0.25, 0.3) is 0 Å². The fraction of sp³-hybridized carbons (Fsp3) is 0.833. The molecule has 0 aliphatic heterocycles. The fourth-order valence-electron chi connectivity index (χ4n) is 3.62. The summed E-state index contributed by atoms with van der Waals surface area (Å²) in [5.74, 6) is 0.783. The fourth-order valence-corrected chi connectivity index (χ4v) is 3.62. The van der Waals surface area contributed by atoms with Gasteiger partial charge in [0, 0.05) is 18.3 Å². The molecule has 1 fully saturated rings. The van der Waals surface area contributed by atoms with Crippen molar-refractivity contribution in [1.29, 1.82) is 0 Å². The Morgan fingerprint density at radius 2 is 2.00 bits per heavy atom. The molecule has 0 spiro atoms. The second-order valence-electron chi connectivity index (χ2n) is 6.46. The van der Waals surface area contributed by atoms with Crippen molar-refractivity contribution < 1.29 is 0 Å². The van der Waals surface area contributed by atoms with E-state index in [1.165, 1.54) is 56.3 Å². The third-order valence-corrected chi connectivity index (χ3v) is 4.86. The minimum Gasteiger partial charge on any atom is -0.314 e. The molecule has 0 radical (unpaired) electrons. The highest BCUT2D eigenvalue weighted by molar-refractivity contribution is 5.12. The normalized spacial score (nSPS) is 23.2. The predicted molar refractivity (Wildman–Crippen MR) is 89.6 cm³/mol. The van der Waals surface area contributed by atoms with Crippen molar-refractivity contribution in [1.82, 2.24) is 15.1 Å². The molecule has 1 aromatic heterocycles. The maximum atomic E-state index is 4.72. The molecule has 2 atom stereocenters. The molecule has 21 heavy (non-hydrogen) atoms. The largest absolute Gasteiger partial charge is 0.314 e. The van der Waals surface area contributed by atoms with Gasteiger partial charge in [0.05, 0.1) is 5.69 Å². The second kappa shape index (κ2) is 8.57. The maximum Gasteiger partial charge on any atom is 0.0624 e. The van der Waals surface area contributed by atoms with Gasteiger partial charge in [-0.1, -0.05) is 33.1 Å². The summed E-state index contributed by atoms with van der Waals surface area (Å²) in [6.45, 7) is 8.82. The zero-order valence-corrected chi connectivity index (χ0v) is 14.2. The smallest absolute Gasteiger partial charge is 0.0624 e. The van der Waals surface area contributed by atoms with Crippen LogP contribution in [0.5, 0.6) is 0 Å². The molecule has 1 saturated carbocycles. The third kappa shape index (κ3) is 4.57. The van der Waals surface area contributed by atoms with E-state index in [1.54, 1.807) is 0 Å². The Balaban J connectivity index is 2.07. The molecule has 3 heteroatoms. The molecular weight excluding hydrogens is 258 g/mol. The van der Waals surface area contributed by atoms with Gasteiger partial charge in [0.2, 0.25) is 0 Å². The summed E-state index contributed by atoms with van der Waals surface area (Å²) in [5, 5.41) is 8.53. The van der Waals surface area contributed by atoms with Crippen molar-refractivity contribution in [3.63, 3.8) is 0 Å². The molecule has 2 unspecified atom stereocenters. The lowest BCUT2D eigenvalue weighted by atomic mass is 9.90. The van der Waals surface area contributed by atoms with Crippen LogP contribution in [0.1, 0.15) is 70.7 Å². The standard InChI is InChI=1S/C18H33N3/c1-4-12-19-18-11-9-7-8-10-15(18)13-17-14-16(5-2)20-21(17)6-3/h14-15,18-19H,4-13H2,1-3H3. The molecule has 1 aliphatic rings. The van der Waals surface area contributed by atoms with Gasteiger partial charge in [0.1, 0.15) is 0 Å². The predicted octanol–water partition coefficient (Wildman–Crippen LogP) is 3.96. The molecule has 0 aromatic carbocycles. The van der Waals surface area contributed by atoms with Crippen molar-refractivity contribution in [3.8, 4) is 0 Å². The lowest BCUT2D eigenvalue weighted by Crippen LogP contribution is -2.37. The highest BCUT2D eigenvalue weighted by Gasteiger charge is 2.24. The van der Waals surface area contributed by atoms with E-state index in [1.807, 2.05) is 0 Å². The lowest BCUT2D eigenvalue weighted by molar-refractivity contribution is 0.326. The van der Waals surface area contributed by atoms with Crippen molar-refractivity contribution >= 4 is 0 Å². The molecule has 2 rings (SSSR count). The Morgan fingerprint density at radius 1 is 1.19 bits per heavy atom. The monoisotopic (exact) mass is 291 g/mol. The van der Waals surface area contributed by atoms with Crippen LogP contribution in [0.3, 0.4) is 0 Å². The van der Waals surface area contributed by atoms with Crippen molar-refractivity contribution in [2.45, 2.75) is 84.7 Å². The number of nitrogens with one attached hydrogen (secondary N) is 1. The van der Waals surface area contributed by atoms with E-state index in [-0.39, 0.29) is 0 Å². The molecule has 1 N–H and O–H groups in total. The SMILES string of the molecule is CCCNC1CCCCCC1Cc1cc(CC)nn1CC. The Bertz CT molecular complexity index is 411. The number of hydrogen-bond acceptors (Lipinski definition) is 2. The Labute approximate surface area is 130 Å². The summed E-state index contributed by atoms with van der Waals surface area (Å²) in [6.07, 6.45) is 10.4. The summed E-state index contributed by atoms with van der Waals surface area (Å²) < 4.78 is 2.22. The summed E-state index contributed by atoms with van der Waals surface area (Å²) >= 11 is 0. The molecular formula is C18H33N3. The number of aryl methyl sites for hydroxylation is 2. The molecule has 0 bridgehead atoms. The van der Waals surface area contributed by atoms with E-state index in [4.69, 9.17) is 5.10 Å². The lowest BCUT2D eigenvalue weighted by Gasteiger charge is -2.26. The molecule has 1 aromatic rings. The van der Waals surface area contributed by atoms with Gasteiger partial charge in [-0.2, -0.15) is 5.10 Å². The van der Waals surface area contributed by atoms with E-state index < -0.39 is 0 Å². The highest BCUT2D eigenvalue weighted by atomic mass is 15.3. The summed E-state index contributed by atoms with van der Waals surface area (Å²) in [7, 11) is 0. The quantitative estimate of drug-likeness (QED) is 0.771. The zero-order valence-electron chi connectivity index (χ0n) is 14.2. The van der Waals surface area contributed by atoms with Gasteiger partial charge in [0.15, 0.2) is 0 Å². The van der Waals surface area contributed by atoms with E-state index in [0.717, 1.165) is 25.4 Å². The average molecular weight is 291 g/mol. The van der Waals surface area contributed by atoms with Gasteiger partial charge < -0.3 is 5.32 Å². The van der Waals surface area contributed by atoms with Crippen LogP contribution in [-0.2, 0) is 19.4 Å². The number of rotatable bonds is 7. The van der Waals surface area contributed by atoms with E-state index in [0.29, 0.717) is 6.04 Å². The van der Waals surface area contributed by atoms with Crippen LogP contribution in [0.4, 0.5) is 0 Å². The van der Waals surface area contributed by atoms with E-state index >= 15 is 0 Å². The van der Waals surface area contributed by atoms with Gasteiger partial charge in [-0.15, -0.1) is 0 Å². The first-order valence-corrected chi connectivity index (χ1v) is 9.07. The first-order valence-electron chi connectivity index (χ1n) is 9.07. The van der Waals surface area contributed by atoms with Gasteiger partial charge in [-0.3, -0.25) is 4.68 Å². The Kier molecular flexibility index (Phi) is 6.75. The summed E-state index contributed by atoms with van der Waals surface area (Å²) in [5.41, 5.74) is 2.70. The minimum absolute atomic E-state index is 0.706. The summed E-state index contributed by atoms with van der Waals surface area (Å²) in [6, 6.07) is 3.04. The van der Waals surface area contributed by atoms with E-state index in [2.05, 4.69) is 36.8 Å². The van der Waals surface area contributed by atoms with Gasteiger partial charge in [-0.05, 0) is 57.6 Å². The van der Waals surface area contributed by atoms with Crippen LogP contribution in [0.25, 0.3) is 0 Å². The van der Waals surface area contributed by atoms with Gasteiger partial charge >= 0.3 is 0 Å². The minimum atomic E-state index is 0.706. The van der Waals surface area contributed by atoms with Crippen LogP contribution >= 0.6 is 0 Å². The molecule has 0 saturated heterocycles. The summed E-state index contributed by atoms with van der Waals surface area (Å²) in [4.78, 5) is 0. The number of nitrogens with zero attached hydrogens (tertiary/aromatic N) is 2. The number of aromatic nitrogens is 2. The first kappa shape index (κ1) is 16.5. The van der Waals surface area contributed by atoms with Crippen LogP contribution in [-0.4, -0.2) is 22.4 Å². The maximum absolute atomic E-state index is 4.72. The number of hydrogen-bond donors (Lipinski definition) is 1. The Hall–Kier alpha value is -0.830. The topological polar surface area (TPSA) is 29.9 Å². The molecule has 3 nitrogen and oxygen atoms in total. The van der Waals surface area contributed by atoms with Crippen LogP contribution < -0.4 is 5.32 Å². The first-order chi connectivity index (χ1) is 10.3. The van der Waals surface area contributed by atoms with Crippen LogP contribution in [0.15, 0.2) is 6.07 Å². The Morgan fingerprint density at radius 3 is 2.71 bits per heavy atom. The van der Waals surface area contributed by atoms with Crippen molar-refractivity contribution in [2.24, 2.45) is 5.92 Å². The molecule has 0 amide bonds. The highest BCUT2D eigenvalue weighted by Crippen LogP contribution is 2.27. The van der Waals surface area contributed by atoms with Crippen LogP contribution in [0, 0.1) is 5.92 Å². The molecule has 1 aliphatic carbocycles. The zero-order chi connectivity index (χ0) is 15.1. The van der Waals surface area contributed by atoms with Crippen molar-refractivity contribution in [3.05, 3.63) is 17.5 Å². The molecule has 120 valence electrons.